The summed E-state index contributed by atoms with van der Waals surface area (Å²) in [6, 6.07) is 1.07. The Labute approximate surface area is 104 Å². The first-order chi connectivity index (χ1) is 8.08. The molecule has 0 amide bonds. The predicted octanol–water partition coefficient (Wildman–Crippen LogP) is 0.684. The van der Waals surface area contributed by atoms with Gasteiger partial charge in [0.2, 0.25) is 0 Å². The van der Waals surface area contributed by atoms with E-state index in [0.717, 1.165) is 31.8 Å². The number of nitrogens with one attached hydrogen (secondary N) is 2. The van der Waals surface area contributed by atoms with Gasteiger partial charge in [0.05, 0.1) is 11.0 Å². The lowest BCUT2D eigenvalue weighted by Crippen LogP contribution is -2.44. The van der Waals surface area contributed by atoms with Crippen LogP contribution >= 0.6 is 0 Å². The maximum Gasteiger partial charge on any atom is 0.154 e. The van der Waals surface area contributed by atoms with Gasteiger partial charge in [-0.2, -0.15) is 0 Å². The van der Waals surface area contributed by atoms with Gasteiger partial charge < -0.3 is 10.6 Å². The molecule has 17 heavy (non-hydrogen) atoms. The van der Waals surface area contributed by atoms with Gasteiger partial charge in [0.15, 0.2) is 9.84 Å². The van der Waals surface area contributed by atoms with Crippen LogP contribution < -0.4 is 10.6 Å². The summed E-state index contributed by atoms with van der Waals surface area (Å²) in [5.74, 6) is 0.383. The summed E-state index contributed by atoms with van der Waals surface area (Å²) >= 11 is 0. The van der Waals surface area contributed by atoms with Crippen LogP contribution in [0.15, 0.2) is 0 Å². The van der Waals surface area contributed by atoms with Crippen LogP contribution in [-0.2, 0) is 9.84 Å². The largest absolute Gasteiger partial charge is 0.312 e. The first-order valence-electron chi connectivity index (χ1n) is 6.76. The second-order valence-corrected chi connectivity index (χ2v) is 7.88. The summed E-state index contributed by atoms with van der Waals surface area (Å²) in [6.45, 7) is 3.68. The van der Waals surface area contributed by atoms with Gasteiger partial charge in [0, 0.05) is 25.2 Å². The molecule has 2 atom stereocenters. The van der Waals surface area contributed by atoms with Gasteiger partial charge in [-0.05, 0) is 32.6 Å². The third kappa shape index (κ3) is 4.23. The van der Waals surface area contributed by atoms with Crippen LogP contribution in [0.25, 0.3) is 0 Å². The third-order valence-electron chi connectivity index (χ3n) is 3.70. The molecule has 4 nitrogen and oxygen atoms in total. The fraction of sp³-hybridized carbons (Fsp3) is 1.00. The topological polar surface area (TPSA) is 58.2 Å². The first kappa shape index (κ1) is 13.3. The van der Waals surface area contributed by atoms with Crippen LogP contribution in [0.3, 0.4) is 0 Å². The molecule has 2 unspecified atom stereocenters. The smallest absolute Gasteiger partial charge is 0.154 e. The van der Waals surface area contributed by atoms with Crippen molar-refractivity contribution in [1.29, 1.82) is 0 Å². The zero-order valence-electron chi connectivity index (χ0n) is 10.6. The normalized spacial score (nSPS) is 30.1. The fourth-order valence-corrected chi connectivity index (χ4v) is 4.10. The molecule has 1 aliphatic heterocycles. The highest BCUT2D eigenvalue weighted by molar-refractivity contribution is 7.92. The quantitative estimate of drug-likeness (QED) is 0.737. The minimum absolute atomic E-state index is 0.153. The summed E-state index contributed by atoms with van der Waals surface area (Å²) in [5, 5.41) is 6.65. The molecule has 0 aromatic carbocycles. The maximum absolute atomic E-state index is 11.8. The number of hydrogen-bond acceptors (Lipinski definition) is 4. The van der Waals surface area contributed by atoms with E-state index in [4.69, 9.17) is 0 Å². The second-order valence-electron chi connectivity index (χ2n) is 5.48. The first-order valence-corrected chi connectivity index (χ1v) is 8.48. The molecule has 1 aliphatic carbocycles. The van der Waals surface area contributed by atoms with E-state index in [1.54, 1.807) is 0 Å². The van der Waals surface area contributed by atoms with Crippen LogP contribution in [0.4, 0.5) is 0 Å². The highest BCUT2D eigenvalue weighted by Gasteiger charge is 2.28. The Morgan fingerprint density at radius 3 is 2.65 bits per heavy atom. The zero-order chi connectivity index (χ0) is 12.3. The lowest BCUT2D eigenvalue weighted by molar-refractivity contribution is 0.470. The Kier molecular flexibility index (Phi) is 4.44. The Bertz CT molecular complexity index is 338. The highest BCUT2D eigenvalue weighted by atomic mass is 32.2. The molecule has 5 heteroatoms. The van der Waals surface area contributed by atoms with E-state index in [9.17, 15) is 8.42 Å². The second kappa shape index (κ2) is 5.67. The van der Waals surface area contributed by atoms with Crippen molar-refractivity contribution in [3.8, 4) is 0 Å². The van der Waals surface area contributed by atoms with Crippen LogP contribution in [-0.4, -0.2) is 44.6 Å². The molecule has 0 aromatic heterocycles. The molecule has 1 saturated carbocycles. The van der Waals surface area contributed by atoms with E-state index in [-0.39, 0.29) is 5.25 Å². The van der Waals surface area contributed by atoms with E-state index in [0.29, 0.717) is 18.3 Å². The van der Waals surface area contributed by atoms with Crippen molar-refractivity contribution in [3.63, 3.8) is 0 Å². The van der Waals surface area contributed by atoms with E-state index >= 15 is 0 Å². The van der Waals surface area contributed by atoms with Crippen LogP contribution in [0.5, 0.6) is 0 Å². The van der Waals surface area contributed by atoms with Gasteiger partial charge in [-0.15, -0.1) is 0 Å². The third-order valence-corrected chi connectivity index (χ3v) is 5.97. The Hall–Kier alpha value is -0.130. The maximum atomic E-state index is 11.8. The average Bonchev–Trinajstić information content (AvgIpc) is 3.08. The van der Waals surface area contributed by atoms with Crippen molar-refractivity contribution in [2.45, 2.75) is 56.4 Å². The monoisotopic (exact) mass is 260 g/mol. The Morgan fingerprint density at radius 2 is 2.00 bits per heavy atom. The molecule has 2 aliphatic rings. The van der Waals surface area contributed by atoms with Gasteiger partial charge in [-0.3, -0.25) is 0 Å². The predicted molar refractivity (Wildman–Crippen MR) is 69.9 cm³/mol. The fourth-order valence-electron chi connectivity index (χ4n) is 2.29. The van der Waals surface area contributed by atoms with Crippen LogP contribution in [0, 0.1) is 0 Å². The van der Waals surface area contributed by atoms with Crippen molar-refractivity contribution in [2.75, 3.05) is 18.8 Å². The molecule has 0 aromatic rings. The van der Waals surface area contributed by atoms with Crippen LogP contribution in [0.2, 0.25) is 0 Å². The molecule has 100 valence electrons. The van der Waals surface area contributed by atoms with Crippen molar-refractivity contribution >= 4 is 9.84 Å². The van der Waals surface area contributed by atoms with Crippen LogP contribution in [0.1, 0.15) is 39.0 Å². The lowest BCUT2D eigenvalue weighted by atomic mass is 10.2. The number of sulfone groups is 1. The molecule has 0 bridgehead atoms. The van der Waals surface area contributed by atoms with Gasteiger partial charge in [0.1, 0.15) is 0 Å². The molecule has 0 spiro atoms. The molecule has 2 N–H and O–H groups in total. The molecular weight excluding hydrogens is 236 g/mol. The summed E-state index contributed by atoms with van der Waals surface area (Å²) in [5.41, 5.74) is 0. The Morgan fingerprint density at radius 1 is 1.24 bits per heavy atom. The van der Waals surface area contributed by atoms with Crippen molar-refractivity contribution in [1.82, 2.24) is 10.6 Å². The van der Waals surface area contributed by atoms with Crippen molar-refractivity contribution in [2.24, 2.45) is 0 Å². The summed E-state index contributed by atoms with van der Waals surface area (Å²) < 4.78 is 23.6. The van der Waals surface area contributed by atoms with Gasteiger partial charge in [0.25, 0.3) is 0 Å². The molecule has 1 saturated heterocycles. The van der Waals surface area contributed by atoms with E-state index < -0.39 is 9.84 Å². The number of rotatable bonds is 6. The van der Waals surface area contributed by atoms with E-state index in [1.165, 1.54) is 12.8 Å². The SMILES string of the molecule is CC(CNC1CC1)NCC1CCCCS1(=O)=O. The summed E-state index contributed by atoms with van der Waals surface area (Å²) in [6.07, 6.45) is 5.32. The highest BCUT2D eigenvalue weighted by Crippen LogP contribution is 2.19. The summed E-state index contributed by atoms with van der Waals surface area (Å²) in [4.78, 5) is 0. The lowest BCUT2D eigenvalue weighted by Gasteiger charge is -2.24. The van der Waals surface area contributed by atoms with Crippen molar-refractivity contribution in [3.05, 3.63) is 0 Å². The molecular formula is C12H24N2O2S. The number of hydrogen-bond donors (Lipinski definition) is 2. The van der Waals surface area contributed by atoms with E-state index in [2.05, 4.69) is 17.6 Å². The Balaban J connectivity index is 1.68. The van der Waals surface area contributed by atoms with Gasteiger partial charge >= 0.3 is 0 Å². The standard InChI is InChI=1S/C12H24N2O2S/c1-10(8-14-11-5-6-11)13-9-12-4-2-3-7-17(12,15)16/h10-14H,2-9H2,1H3. The molecule has 2 rings (SSSR count). The molecule has 0 radical (unpaired) electrons. The van der Waals surface area contributed by atoms with Gasteiger partial charge in [-0.1, -0.05) is 6.42 Å². The molecule has 1 heterocycles. The van der Waals surface area contributed by atoms with E-state index in [1.807, 2.05) is 0 Å². The zero-order valence-corrected chi connectivity index (χ0v) is 11.4. The van der Waals surface area contributed by atoms with Gasteiger partial charge in [-0.25, -0.2) is 8.42 Å². The average molecular weight is 260 g/mol. The van der Waals surface area contributed by atoms with Crippen molar-refractivity contribution < 1.29 is 8.42 Å². The molecule has 2 fully saturated rings. The summed E-state index contributed by atoms with van der Waals surface area (Å²) in [7, 11) is -2.82. The minimum Gasteiger partial charge on any atom is -0.312 e. The minimum atomic E-state index is -2.82.